The van der Waals surface area contributed by atoms with Gasteiger partial charge in [0.05, 0.1) is 29.0 Å². The Bertz CT molecular complexity index is 1090. The Morgan fingerprint density at radius 1 is 1.20 bits per heavy atom. The molecule has 0 radical (unpaired) electrons. The van der Waals surface area contributed by atoms with E-state index in [2.05, 4.69) is 15.3 Å². The molecular formula is C22H28N4O3S. The van der Waals surface area contributed by atoms with Gasteiger partial charge in [0.25, 0.3) is 5.56 Å². The van der Waals surface area contributed by atoms with Crippen LogP contribution in [0.1, 0.15) is 25.0 Å². The SMILES string of the molecule is Cc1nn(CCCC(=O)NCCCN2CCOCC2)c(=O)c2c1sc1ccccc12. The second-order valence-electron chi connectivity index (χ2n) is 7.68. The van der Waals surface area contributed by atoms with Crippen LogP contribution in [0.5, 0.6) is 0 Å². The molecule has 2 aromatic heterocycles. The van der Waals surface area contributed by atoms with Gasteiger partial charge >= 0.3 is 0 Å². The zero-order valence-corrected chi connectivity index (χ0v) is 18.2. The smallest absolute Gasteiger partial charge is 0.276 e. The van der Waals surface area contributed by atoms with Gasteiger partial charge in [0.2, 0.25) is 5.91 Å². The van der Waals surface area contributed by atoms with Crippen LogP contribution in [0.25, 0.3) is 20.2 Å². The summed E-state index contributed by atoms with van der Waals surface area (Å²) in [4.78, 5) is 27.5. The van der Waals surface area contributed by atoms with Gasteiger partial charge in [-0.15, -0.1) is 11.3 Å². The predicted molar refractivity (Wildman–Crippen MR) is 120 cm³/mol. The first-order valence-corrected chi connectivity index (χ1v) is 11.4. The van der Waals surface area contributed by atoms with E-state index < -0.39 is 0 Å². The van der Waals surface area contributed by atoms with Crippen LogP contribution in [0, 0.1) is 6.92 Å². The van der Waals surface area contributed by atoms with Crippen LogP contribution in [0.4, 0.5) is 0 Å². The van der Waals surface area contributed by atoms with Crippen molar-refractivity contribution in [1.82, 2.24) is 20.0 Å². The lowest BCUT2D eigenvalue weighted by Crippen LogP contribution is -2.38. The Labute approximate surface area is 179 Å². The number of benzene rings is 1. The maximum absolute atomic E-state index is 13.0. The third kappa shape index (κ3) is 4.71. The highest BCUT2D eigenvalue weighted by atomic mass is 32.1. The summed E-state index contributed by atoms with van der Waals surface area (Å²) in [6.45, 7) is 7.59. The van der Waals surface area contributed by atoms with Crippen LogP contribution >= 0.6 is 11.3 Å². The van der Waals surface area contributed by atoms with E-state index in [-0.39, 0.29) is 11.5 Å². The number of carbonyl (C=O) groups is 1. The average Bonchev–Trinajstić information content (AvgIpc) is 3.16. The molecule has 7 nitrogen and oxygen atoms in total. The normalized spacial score (nSPS) is 15.1. The number of hydrogen-bond donors (Lipinski definition) is 1. The number of amides is 1. The minimum atomic E-state index is -0.0704. The van der Waals surface area contributed by atoms with E-state index in [1.54, 1.807) is 11.3 Å². The van der Waals surface area contributed by atoms with Gasteiger partial charge in [-0.05, 0) is 32.4 Å². The molecule has 1 N–H and O–H groups in total. The van der Waals surface area contributed by atoms with Gasteiger partial charge in [-0.2, -0.15) is 5.10 Å². The fourth-order valence-electron chi connectivity index (χ4n) is 3.90. The number of nitrogens with one attached hydrogen (secondary N) is 1. The highest BCUT2D eigenvalue weighted by Crippen LogP contribution is 2.32. The summed E-state index contributed by atoms with van der Waals surface area (Å²) in [5, 5.41) is 9.20. The predicted octanol–water partition coefficient (Wildman–Crippen LogP) is 2.54. The summed E-state index contributed by atoms with van der Waals surface area (Å²) >= 11 is 1.61. The third-order valence-electron chi connectivity index (χ3n) is 5.49. The van der Waals surface area contributed by atoms with E-state index in [1.807, 2.05) is 31.2 Å². The van der Waals surface area contributed by atoms with Gasteiger partial charge in [0.1, 0.15) is 0 Å². The number of ether oxygens (including phenoxy) is 1. The molecule has 3 aromatic rings. The van der Waals surface area contributed by atoms with E-state index in [1.165, 1.54) is 4.68 Å². The number of thiophene rings is 1. The fraction of sp³-hybridized carbons (Fsp3) is 0.500. The minimum absolute atomic E-state index is 0.0313. The number of nitrogens with zero attached hydrogens (tertiary/aromatic N) is 3. The molecule has 1 amide bonds. The minimum Gasteiger partial charge on any atom is -0.379 e. The summed E-state index contributed by atoms with van der Waals surface area (Å²) < 4.78 is 8.91. The average molecular weight is 429 g/mol. The van der Waals surface area contributed by atoms with Crippen molar-refractivity contribution in [2.45, 2.75) is 32.7 Å². The van der Waals surface area contributed by atoms with Crippen molar-refractivity contribution in [2.24, 2.45) is 0 Å². The van der Waals surface area contributed by atoms with Crippen LogP contribution in [0.3, 0.4) is 0 Å². The molecule has 8 heteroatoms. The summed E-state index contributed by atoms with van der Waals surface area (Å²) in [6.07, 6.45) is 1.93. The first-order valence-electron chi connectivity index (χ1n) is 10.6. The monoisotopic (exact) mass is 428 g/mol. The molecule has 0 atom stereocenters. The van der Waals surface area contributed by atoms with Gasteiger partial charge in [0, 0.05) is 42.7 Å². The number of fused-ring (bicyclic) bond motifs is 3. The summed E-state index contributed by atoms with van der Waals surface area (Å²) in [7, 11) is 0. The second kappa shape index (κ2) is 9.68. The van der Waals surface area contributed by atoms with E-state index in [4.69, 9.17) is 4.74 Å². The molecule has 30 heavy (non-hydrogen) atoms. The van der Waals surface area contributed by atoms with E-state index in [9.17, 15) is 9.59 Å². The Balaban J connectivity index is 1.29. The van der Waals surface area contributed by atoms with Gasteiger partial charge in [-0.25, -0.2) is 4.68 Å². The molecule has 0 saturated carbocycles. The van der Waals surface area contributed by atoms with Crippen molar-refractivity contribution in [3.63, 3.8) is 0 Å². The number of carbonyl (C=O) groups excluding carboxylic acids is 1. The highest BCUT2D eigenvalue weighted by Gasteiger charge is 2.14. The molecule has 1 aliphatic rings. The van der Waals surface area contributed by atoms with Crippen molar-refractivity contribution in [3.8, 4) is 0 Å². The first kappa shape index (κ1) is 21.0. The van der Waals surface area contributed by atoms with Gasteiger partial charge in [-0.3, -0.25) is 14.5 Å². The number of aromatic nitrogens is 2. The lowest BCUT2D eigenvalue weighted by Gasteiger charge is -2.26. The molecule has 0 unspecified atom stereocenters. The zero-order valence-electron chi connectivity index (χ0n) is 17.4. The molecule has 1 aliphatic heterocycles. The van der Waals surface area contributed by atoms with E-state index >= 15 is 0 Å². The Morgan fingerprint density at radius 2 is 2.00 bits per heavy atom. The summed E-state index contributed by atoms with van der Waals surface area (Å²) in [5.41, 5.74) is 0.789. The van der Waals surface area contributed by atoms with Crippen molar-refractivity contribution >= 4 is 37.4 Å². The van der Waals surface area contributed by atoms with Crippen LogP contribution in [-0.4, -0.2) is 60.0 Å². The molecule has 0 bridgehead atoms. The third-order valence-corrected chi connectivity index (χ3v) is 6.77. The molecule has 0 aliphatic carbocycles. The maximum Gasteiger partial charge on any atom is 0.276 e. The Hall–Kier alpha value is -2.29. The number of rotatable bonds is 8. The quantitative estimate of drug-likeness (QED) is 0.558. The highest BCUT2D eigenvalue weighted by molar-refractivity contribution is 7.26. The largest absolute Gasteiger partial charge is 0.379 e. The van der Waals surface area contributed by atoms with Crippen molar-refractivity contribution in [3.05, 3.63) is 40.3 Å². The Kier molecular flexibility index (Phi) is 6.76. The lowest BCUT2D eigenvalue weighted by molar-refractivity contribution is -0.121. The fourth-order valence-corrected chi connectivity index (χ4v) is 5.03. The molecule has 1 saturated heterocycles. The molecule has 4 rings (SSSR count). The first-order chi connectivity index (χ1) is 14.6. The molecule has 160 valence electrons. The summed E-state index contributed by atoms with van der Waals surface area (Å²) in [6, 6.07) is 7.96. The van der Waals surface area contributed by atoms with E-state index in [0.717, 1.165) is 65.1 Å². The Morgan fingerprint density at radius 3 is 2.83 bits per heavy atom. The summed E-state index contributed by atoms with van der Waals surface area (Å²) in [5.74, 6) is 0.0313. The molecule has 0 spiro atoms. The van der Waals surface area contributed by atoms with Crippen LogP contribution in [0.15, 0.2) is 29.1 Å². The zero-order chi connectivity index (χ0) is 20.9. The lowest BCUT2D eigenvalue weighted by atomic mass is 10.2. The van der Waals surface area contributed by atoms with E-state index in [0.29, 0.717) is 25.9 Å². The second-order valence-corrected chi connectivity index (χ2v) is 8.73. The topological polar surface area (TPSA) is 76.5 Å². The standard InChI is InChI=1S/C22H28N4O3S/c1-16-21-20(17-6-2-3-7-18(17)30-21)22(28)26(24-16)11-4-8-19(27)23-9-5-10-25-12-14-29-15-13-25/h2-3,6-7H,4-5,8-15H2,1H3,(H,23,27). The van der Waals surface area contributed by atoms with Crippen molar-refractivity contribution in [2.75, 3.05) is 39.4 Å². The van der Waals surface area contributed by atoms with Crippen LogP contribution < -0.4 is 10.9 Å². The van der Waals surface area contributed by atoms with Gasteiger partial charge in [0.15, 0.2) is 0 Å². The maximum atomic E-state index is 13.0. The van der Waals surface area contributed by atoms with Crippen LogP contribution in [0.2, 0.25) is 0 Å². The molecular weight excluding hydrogens is 400 g/mol. The van der Waals surface area contributed by atoms with Gasteiger partial charge < -0.3 is 10.1 Å². The van der Waals surface area contributed by atoms with Gasteiger partial charge in [-0.1, -0.05) is 18.2 Å². The number of aryl methyl sites for hydroxylation is 2. The van der Waals surface area contributed by atoms with Crippen molar-refractivity contribution < 1.29 is 9.53 Å². The molecule has 1 fully saturated rings. The van der Waals surface area contributed by atoms with Crippen LogP contribution in [-0.2, 0) is 16.1 Å². The number of hydrogen-bond acceptors (Lipinski definition) is 6. The molecule has 1 aromatic carbocycles. The van der Waals surface area contributed by atoms with Crippen molar-refractivity contribution in [1.29, 1.82) is 0 Å². The number of morpholine rings is 1. The molecule has 3 heterocycles.